The summed E-state index contributed by atoms with van der Waals surface area (Å²) < 4.78 is 46.2. The minimum Gasteiger partial charge on any atom is -0.394 e. The summed E-state index contributed by atoms with van der Waals surface area (Å²) >= 11 is -0.580. The molecular weight excluding hydrogens is 494 g/mol. The Morgan fingerprint density at radius 1 is 1.25 bits per heavy atom. The van der Waals surface area contributed by atoms with E-state index in [0.29, 0.717) is 6.61 Å². The van der Waals surface area contributed by atoms with E-state index in [2.05, 4.69) is 10.8 Å². The Hall–Kier alpha value is -1.80. The zero-order valence-corrected chi connectivity index (χ0v) is 17.0. The van der Waals surface area contributed by atoms with E-state index >= 15 is 0 Å². The third-order valence-corrected chi connectivity index (χ3v) is 5.05. The Bertz CT molecular complexity index is 815. The molecule has 0 radical (unpaired) electrons. The van der Waals surface area contributed by atoms with Crippen molar-refractivity contribution < 1.29 is 32.7 Å². The summed E-state index contributed by atoms with van der Waals surface area (Å²) in [6.45, 7) is 1.24. The predicted molar refractivity (Wildman–Crippen MR) is 106 cm³/mol. The summed E-state index contributed by atoms with van der Waals surface area (Å²) in [6.07, 6.45) is 1.41. The first-order valence-electron chi connectivity index (χ1n) is 8.16. The lowest BCUT2D eigenvalue weighted by molar-refractivity contribution is 0.0168. The van der Waals surface area contributed by atoms with Crippen LogP contribution in [0.4, 0.5) is 18.9 Å². The molecule has 0 aliphatic carbocycles. The van der Waals surface area contributed by atoms with Crippen LogP contribution in [0.25, 0.3) is 0 Å². The molecule has 1 aromatic carbocycles. The third-order valence-electron chi connectivity index (χ3n) is 3.37. The smallest absolute Gasteiger partial charge is 0.277 e. The van der Waals surface area contributed by atoms with Crippen LogP contribution >= 0.6 is 20.7 Å². The van der Waals surface area contributed by atoms with Gasteiger partial charge in [0.15, 0.2) is 17.5 Å². The molecule has 0 aromatic heterocycles. The van der Waals surface area contributed by atoms with Crippen LogP contribution in [0.2, 0.25) is 0 Å². The highest BCUT2D eigenvalue weighted by molar-refractivity contribution is 14.2. The van der Waals surface area contributed by atoms with Crippen molar-refractivity contribution in [3.05, 3.63) is 50.5 Å². The van der Waals surface area contributed by atoms with Crippen molar-refractivity contribution in [2.75, 3.05) is 25.1 Å². The molecule has 0 atom stereocenters. The molecule has 0 spiro atoms. The van der Waals surface area contributed by atoms with Crippen molar-refractivity contribution in [2.24, 2.45) is 0 Å². The number of aliphatic hydroxyl groups is 1. The second kappa shape index (κ2) is 11.3. The van der Waals surface area contributed by atoms with Gasteiger partial charge < -0.3 is 15.3 Å². The third kappa shape index (κ3) is 5.85. The minimum atomic E-state index is -1.35. The fraction of sp³-hybridized carbons (Fsp3) is 0.294. The lowest BCUT2D eigenvalue weighted by atomic mass is 10.1. The maximum absolute atomic E-state index is 14.7. The number of benzene rings is 1. The second-order valence-corrected chi connectivity index (χ2v) is 7.32. The molecule has 7 nitrogen and oxygen atoms in total. The van der Waals surface area contributed by atoms with Crippen LogP contribution in [0.3, 0.4) is 0 Å². The van der Waals surface area contributed by atoms with Gasteiger partial charge in [-0.05, 0) is 23.1 Å². The second-order valence-electron chi connectivity index (χ2n) is 5.26. The molecular formula is C17H19F3IN3O4. The van der Waals surface area contributed by atoms with Gasteiger partial charge in [0.2, 0.25) is 0 Å². The van der Waals surface area contributed by atoms with Gasteiger partial charge in [-0.2, -0.15) is 5.48 Å². The number of carbonyl (C=O) groups excluding carboxylic acids is 1. The Labute approximate surface area is 169 Å². The van der Waals surface area contributed by atoms with E-state index < -0.39 is 49.8 Å². The molecule has 4 N–H and O–H groups in total. The highest BCUT2D eigenvalue weighted by Gasteiger charge is 2.24. The van der Waals surface area contributed by atoms with Crippen LogP contribution < -0.4 is 16.3 Å². The molecule has 0 fully saturated rings. The molecule has 28 heavy (non-hydrogen) atoms. The van der Waals surface area contributed by atoms with Gasteiger partial charge in [-0.15, -0.1) is 0 Å². The van der Waals surface area contributed by atoms with Crippen LogP contribution in [0, 0.1) is 11.6 Å². The van der Waals surface area contributed by atoms with Gasteiger partial charge >= 0.3 is 0 Å². The number of rotatable bonds is 10. The van der Waals surface area contributed by atoms with E-state index in [1.165, 1.54) is 10.1 Å². The highest BCUT2D eigenvalue weighted by Crippen LogP contribution is 2.29. The van der Waals surface area contributed by atoms with Crippen molar-refractivity contribution in [3.63, 3.8) is 0 Å². The Balaban J connectivity index is 2.42. The lowest BCUT2D eigenvalue weighted by Crippen LogP contribution is -2.27. The summed E-state index contributed by atoms with van der Waals surface area (Å²) in [7, 11) is 0. The molecule has 1 aromatic rings. The van der Waals surface area contributed by atoms with E-state index in [0.717, 1.165) is 6.07 Å². The molecule has 0 saturated heterocycles. The largest absolute Gasteiger partial charge is 0.394 e. The molecule has 0 unspecified atom stereocenters. The first kappa shape index (κ1) is 22.5. The number of hydrogen-bond donors (Lipinski definition) is 4. The van der Waals surface area contributed by atoms with E-state index in [-0.39, 0.29) is 36.6 Å². The van der Waals surface area contributed by atoms with Gasteiger partial charge in [-0.1, -0.05) is 20.7 Å². The van der Waals surface area contributed by atoms with Gasteiger partial charge in [0, 0.05) is 16.1 Å². The summed E-state index contributed by atoms with van der Waals surface area (Å²) in [4.78, 5) is 22.0. The number of nitrogens with one attached hydrogen (secondary N) is 3. The summed E-state index contributed by atoms with van der Waals surface area (Å²) in [5.41, 5.74) is 3.36. The Morgan fingerprint density at radius 3 is 2.71 bits per heavy atom. The summed E-state index contributed by atoms with van der Waals surface area (Å²) in [6, 6.07) is 1.10. The number of amides is 1. The van der Waals surface area contributed by atoms with Gasteiger partial charge in [-0.3, -0.25) is 9.63 Å². The van der Waals surface area contributed by atoms with Crippen molar-refractivity contribution >= 4 is 36.3 Å². The number of allylic oxidation sites excluding steroid dienone is 2. The van der Waals surface area contributed by atoms with E-state index in [4.69, 9.17) is 14.8 Å². The monoisotopic (exact) mass is 513 g/mol. The van der Waals surface area contributed by atoms with Crippen LogP contribution in [0.15, 0.2) is 27.7 Å². The normalized spacial score (nSPS) is 13.5. The fourth-order valence-corrected chi connectivity index (χ4v) is 3.55. The molecule has 1 heterocycles. The number of carbonyl (C=O) groups is 1. The first-order chi connectivity index (χ1) is 13.5. The number of hydroxylamine groups is 2. The average molecular weight is 513 g/mol. The molecule has 1 aliphatic rings. The topological polar surface area (TPSA) is 91.9 Å². The van der Waals surface area contributed by atoms with Crippen molar-refractivity contribution in [3.8, 4) is 0 Å². The van der Waals surface area contributed by atoms with Crippen molar-refractivity contribution in [2.45, 2.75) is 13.5 Å². The molecule has 154 valence electrons. The zero-order valence-electron chi connectivity index (χ0n) is 14.8. The minimum absolute atomic E-state index is 0.0882. The van der Waals surface area contributed by atoms with Crippen LogP contribution in [-0.2, 0) is 16.2 Å². The van der Waals surface area contributed by atoms with Gasteiger partial charge in [0.1, 0.15) is 0 Å². The summed E-state index contributed by atoms with van der Waals surface area (Å²) in [5, 5.41) is 11.2. The van der Waals surface area contributed by atoms with Crippen LogP contribution in [0.5, 0.6) is 0 Å². The molecule has 0 saturated carbocycles. The number of aliphatic hydroxyl groups excluding tert-OH is 1. The average Bonchev–Trinajstić information content (AvgIpc) is 2.69. The molecule has 11 heteroatoms. The van der Waals surface area contributed by atoms with E-state index in [9.17, 15) is 18.0 Å². The maximum Gasteiger partial charge on any atom is 0.277 e. The maximum atomic E-state index is 14.7. The highest BCUT2D eigenvalue weighted by atomic mass is 127. The zero-order chi connectivity index (χ0) is 20.5. The molecule has 1 aliphatic heterocycles. The van der Waals surface area contributed by atoms with Crippen molar-refractivity contribution in [1.29, 1.82) is 0 Å². The van der Waals surface area contributed by atoms with E-state index in [1.807, 2.05) is 5.48 Å². The molecule has 0 bridgehead atoms. The number of halogens is 4. The lowest BCUT2D eigenvalue weighted by Gasteiger charge is -2.17. The van der Waals surface area contributed by atoms with Gasteiger partial charge in [-0.25, -0.2) is 18.7 Å². The van der Waals surface area contributed by atoms with Crippen molar-refractivity contribution in [1.82, 2.24) is 11.0 Å². The van der Waals surface area contributed by atoms with Gasteiger partial charge in [0.25, 0.3) is 5.91 Å². The fourth-order valence-electron chi connectivity index (χ4n) is 2.12. The van der Waals surface area contributed by atoms with Crippen LogP contribution in [0.1, 0.15) is 22.8 Å². The molecule has 2 rings (SSSR count). The SMILES string of the molecule is CCONCc1cc(C(=O)NOCCO)c(NC2=C(F)C=IC=C2)c(F)c1F. The Morgan fingerprint density at radius 2 is 2.04 bits per heavy atom. The number of anilines is 1. The van der Waals surface area contributed by atoms with Crippen LogP contribution in [-0.4, -0.2) is 34.8 Å². The van der Waals surface area contributed by atoms with E-state index in [1.54, 1.807) is 11.0 Å². The Kier molecular flexibility index (Phi) is 9.05. The first-order valence-corrected chi connectivity index (χ1v) is 10.7. The molecule has 1 amide bonds. The standard InChI is InChI=1S/C17H19F3IN3O4/c1-2-27-22-9-10-7-11(17(26)24-28-6-5-25)16(15(20)14(10)19)23-13-3-4-21-8-12(13)18/h3-4,7-8,22-23,25H,2,5-6,9H2,1H3,(H,24,26). The van der Waals surface area contributed by atoms with Gasteiger partial charge in [0.05, 0.1) is 36.8 Å². The predicted octanol–water partition coefficient (Wildman–Crippen LogP) is 2.55. The number of hydrogen-bond acceptors (Lipinski definition) is 6. The quantitative estimate of drug-likeness (QED) is 0.219. The summed E-state index contributed by atoms with van der Waals surface area (Å²) in [5.74, 6) is -4.07.